The van der Waals surface area contributed by atoms with Crippen LogP contribution in [0.25, 0.3) is 0 Å². The van der Waals surface area contributed by atoms with Crippen molar-refractivity contribution in [3.8, 4) is 0 Å². The first-order chi connectivity index (χ1) is 32.4. The van der Waals surface area contributed by atoms with Gasteiger partial charge in [-0.25, -0.2) is 0 Å². The molecule has 390 valence electrons. The van der Waals surface area contributed by atoms with Crippen molar-refractivity contribution in [1.82, 2.24) is 9.80 Å². The maximum Gasteiger partial charge on any atom is 0.305 e. The number of carbonyl (C=O) groups excluding carboxylic acids is 3. The Labute approximate surface area is 408 Å². The maximum absolute atomic E-state index is 12.8. The van der Waals surface area contributed by atoms with Gasteiger partial charge >= 0.3 is 17.9 Å². The Morgan fingerprint density at radius 2 is 0.773 bits per heavy atom. The molecule has 1 saturated carbocycles. The van der Waals surface area contributed by atoms with Crippen LogP contribution in [0.15, 0.2) is 0 Å². The lowest BCUT2D eigenvalue weighted by Crippen LogP contribution is -2.38. The lowest BCUT2D eigenvalue weighted by molar-refractivity contribution is -0.149. The van der Waals surface area contributed by atoms with Gasteiger partial charge in [0.1, 0.15) is 0 Å². The van der Waals surface area contributed by atoms with E-state index < -0.39 is 0 Å². The van der Waals surface area contributed by atoms with Crippen LogP contribution in [0.4, 0.5) is 0 Å². The van der Waals surface area contributed by atoms with Crippen molar-refractivity contribution in [2.45, 2.75) is 278 Å². The van der Waals surface area contributed by atoms with E-state index in [1.807, 2.05) is 0 Å². The monoisotopic (exact) mass is 935 g/mol. The maximum atomic E-state index is 12.8. The number of hydrogen-bond acceptors (Lipinski definition) is 9. The van der Waals surface area contributed by atoms with Gasteiger partial charge in [0.2, 0.25) is 0 Å². The van der Waals surface area contributed by atoms with E-state index in [4.69, 9.17) is 14.2 Å². The second-order valence-electron chi connectivity index (χ2n) is 20.4. The fourth-order valence-corrected chi connectivity index (χ4v) is 9.77. The highest BCUT2D eigenvalue weighted by Gasteiger charge is 2.21. The van der Waals surface area contributed by atoms with Crippen LogP contribution in [0.1, 0.15) is 272 Å². The van der Waals surface area contributed by atoms with Crippen molar-refractivity contribution in [3.63, 3.8) is 0 Å². The Hall–Kier alpha value is -1.71. The van der Waals surface area contributed by atoms with Gasteiger partial charge in [0.05, 0.1) is 26.4 Å². The van der Waals surface area contributed by atoms with E-state index in [1.165, 1.54) is 135 Å². The quantitative estimate of drug-likeness (QED) is 0.0363. The number of hydrogen-bond donors (Lipinski definition) is 1. The summed E-state index contributed by atoms with van der Waals surface area (Å²) in [5.74, 6) is 0.245. The average Bonchev–Trinajstić information content (AvgIpc) is 3.32. The summed E-state index contributed by atoms with van der Waals surface area (Å²) < 4.78 is 17.3. The molecular formula is C57H110N2O7. The molecule has 1 N–H and O–H groups in total. The van der Waals surface area contributed by atoms with Crippen molar-refractivity contribution >= 4 is 17.9 Å². The number of ether oxygens (including phenoxy) is 3. The zero-order valence-electron chi connectivity index (χ0n) is 44.3. The van der Waals surface area contributed by atoms with Gasteiger partial charge in [-0.3, -0.25) is 14.4 Å². The molecule has 0 aromatic carbocycles. The second-order valence-corrected chi connectivity index (χ2v) is 20.4. The molecule has 0 aromatic heterocycles. The van der Waals surface area contributed by atoms with E-state index in [0.29, 0.717) is 57.6 Å². The summed E-state index contributed by atoms with van der Waals surface area (Å²) in [6.07, 6.45) is 42.6. The predicted octanol–water partition coefficient (Wildman–Crippen LogP) is 14.7. The van der Waals surface area contributed by atoms with Gasteiger partial charge < -0.3 is 29.1 Å². The molecular weight excluding hydrogens is 825 g/mol. The molecule has 1 aliphatic rings. The molecule has 0 spiro atoms. The molecule has 1 unspecified atom stereocenters. The predicted molar refractivity (Wildman–Crippen MR) is 277 cm³/mol. The zero-order chi connectivity index (χ0) is 48.0. The highest BCUT2D eigenvalue weighted by molar-refractivity contribution is 5.70. The Morgan fingerprint density at radius 3 is 1.26 bits per heavy atom. The van der Waals surface area contributed by atoms with Crippen LogP contribution < -0.4 is 0 Å². The molecule has 0 heterocycles. The molecule has 0 aliphatic heterocycles. The van der Waals surface area contributed by atoms with Gasteiger partial charge in [0, 0.05) is 37.8 Å². The SMILES string of the molecule is CCCCCCCCC(CCCCCC)COC(=O)CCCCCN(CCCCN(CCO)CCCCC(COC(=O)CCCCCCC)COC(=O)CCCCCCC)C1CCCCC1. The summed E-state index contributed by atoms with van der Waals surface area (Å²) >= 11 is 0. The summed E-state index contributed by atoms with van der Waals surface area (Å²) in [4.78, 5) is 43.1. The minimum Gasteiger partial charge on any atom is -0.465 e. The van der Waals surface area contributed by atoms with Crippen molar-refractivity contribution < 1.29 is 33.7 Å². The van der Waals surface area contributed by atoms with Crippen LogP contribution >= 0.6 is 0 Å². The lowest BCUT2D eigenvalue weighted by atomic mass is 9.93. The fourth-order valence-electron chi connectivity index (χ4n) is 9.77. The number of aliphatic hydroxyl groups is 1. The van der Waals surface area contributed by atoms with Gasteiger partial charge in [0.15, 0.2) is 0 Å². The van der Waals surface area contributed by atoms with Gasteiger partial charge in [-0.1, -0.05) is 175 Å². The summed E-state index contributed by atoms with van der Waals surface area (Å²) in [7, 11) is 0. The Morgan fingerprint density at radius 1 is 0.424 bits per heavy atom. The van der Waals surface area contributed by atoms with E-state index in [1.54, 1.807) is 0 Å². The number of esters is 3. The third-order valence-electron chi connectivity index (χ3n) is 14.2. The van der Waals surface area contributed by atoms with E-state index >= 15 is 0 Å². The van der Waals surface area contributed by atoms with Crippen LogP contribution in [-0.2, 0) is 28.6 Å². The zero-order valence-corrected chi connectivity index (χ0v) is 44.3. The van der Waals surface area contributed by atoms with Gasteiger partial charge in [0.25, 0.3) is 0 Å². The average molecular weight is 936 g/mol. The number of rotatable bonds is 49. The number of unbranched alkanes of at least 4 members (excludes halogenated alkanes) is 20. The second kappa shape index (κ2) is 47.0. The standard InChI is InChI=1S/C57H110N2O7/c1-5-9-13-17-20-24-36-52(35-23-16-12-8-4)49-64-55(61)42-29-22-31-45-59(54-38-25-21-26-39-54)46-34-33-44-58(47-48-60)43-32-30-37-53(50-65-56(62)40-27-18-14-10-6-2)51-66-57(63)41-28-19-15-11-7-3/h52-54,60H,5-51H2,1-4H3. The fraction of sp³-hybridized carbons (Fsp3) is 0.947. The van der Waals surface area contributed by atoms with Crippen molar-refractivity contribution in [1.29, 1.82) is 0 Å². The molecule has 9 nitrogen and oxygen atoms in total. The Kier molecular flexibility index (Phi) is 44.4. The third-order valence-corrected chi connectivity index (χ3v) is 14.2. The molecule has 0 radical (unpaired) electrons. The van der Waals surface area contributed by atoms with Gasteiger partial charge in [-0.15, -0.1) is 0 Å². The summed E-state index contributed by atoms with van der Waals surface area (Å²) in [5.41, 5.74) is 0. The molecule has 0 saturated heterocycles. The largest absolute Gasteiger partial charge is 0.465 e. The third kappa shape index (κ3) is 38.2. The summed E-state index contributed by atoms with van der Waals surface area (Å²) in [6, 6.07) is 0.682. The number of nitrogens with zero attached hydrogens (tertiary/aromatic N) is 2. The molecule has 1 atom stereocenters. The van der Waals surface area contributed by atoms with E-state index in [-0.39, 0.29) is 30.4 Å². The topological polar surface area (TPSA) is 106 Å². The molecule has 0 amide bonds. The highest BCUT2D eigenvalue weighted by atomic mass is 16.5. The minimum absolute atomic E-state index is 0.00140. The molecule has 1 rings (SSSR count). The molecule has 66 heavy (non-hydrogen) atoms. The Bertz CT molecular complexity index is 1060. The van der Waals surface area contributed by atoms with Crippen molar-refractivity contribution in [2.75, 3.05) is 59.2 Å². The molecule has 1 fully saturated rings. The molecule has 0 aromatic rings. The number of aliphatic hydroxyl groups excluding tert-OH is 1. The smallest absolute Gasteiger partial charge is 0.305 e. The first-order valence-corrected chi connectivity index (χ1v) is 28.9. The molecule has 0 bridgehead atoms. The van der Waals surface area contributed by atoms with Crippen LogP contribution in [0, 0.1) is 11.8 Å². The number of carbonyl (C=O) groups is 3. The van der Waals surface area contributed by atoms with Crippen LogP contribution in [0.3, 0.4) is 0 Å². The van der Waals surface area contributed by atoms with E-state index in [0.717, 1.165) is 116 Å². The normalized spacial score (nSPS) is 13.8. The minimum atomic E-state index is -0.141. The Balaban J connectivity index is 2.52. The van der Waals surface area contributed by atoms with E-state index in [9.17, 15) is 19.5 Å². The summed E-state index contributed by atoms with van der Waals surface area (Å²) in [5, 5.41) is 9.91. The summed E-state index contributed by atoms with van der Waals surface area (Å²) in [6.45, 7) is 15.1. The van der Waals surface area contributed by atoms with E-state index in [2.05, 4.69) is 37.5 Å². The van der Waals surface area contributed by atoms with Gasteiger partial charge in [-0.05, 0) is 109 Å². The van der Waals surface area contributed by atoms with Crippen molar-refractivity contribution in [2.24, 2.45) is 11.8 Å². The molecule has 9 heteroatoms. The van der Waals surface area contributed by atoms with Crippen molar-refractivity contribution in [3.05, 3.63) is 0 Å². The van der Waals surface area contributed by atoms with Gasteiger partial charge in [-0.2, -0.15) is 0 Å². The van der Waals surface area contributed by atoms with Crippen LogP contribution in [0.5, 0.6) is 0 Å². The first kappa shape index (κ1) is 62.3. The lowest BCUT2D eigenvalue weighted by Gasteiger charge is -2.34. The van der Waals surface area contributed by atoms with Crippen LogP contribution in [0.2, 0.25) is 0 Å². The molecule has 1 aliphatic carbocycles. The highest BCUT2D eigenvalue weighted by Crippen LogP contribution is 2.24. The van der Waals surface area contributed by atoms with Crippen LogP contribution in [-0.4, -0.2) is 98.0 Å². The first-order valence-electron chi connectivity index (χ1n) is 28.9.